The van der Waals surface area contributed by atoms with Crippen LogP contribution >= 0.6 is 0 Å². The molecule has 0 aliphatic rings. The number of hydrogen-bond acceptors (Lipinski definition) is 5. The molecule has 0 bridgehead atoms. The molecule has 0 saturated carbocycles. The highest BCUT2D eigenvalue weighted by Gasteiger charge is 2.17. The first kappa shape index (κ1) is 27.7. The van der Waals surface area contributed by atoms with E-state index < -0.39 is 17.6 Å². The molecular formula is C27H37N3O5. The molecule has 2 aromatic rings. The number of ether oxygens (including phenoxy) is 2. The number of carbonyl (C=O) groups is 3. The van der Waals surface area contributed by atoms with Gasteiger partial charge in [0.05, 0.1) is 18.0 Å². The predicted molar refractivity (Wildman–Crippen MR) is 138 cm³/mol. The van der Waals surface area contributed by atoms with Crippen LogP contribution in [0.25, 0.3) is 0 Å². The zero-order chi connectivity index (χ0) is 26.1. The Bertz CT molecular complexity index is 1000. The fraction of sp³-hybridized carbons (Fsp3) is 0.444. The Kier molecular flexibility index (Phi) is 9.68. The number of para-hydroxylation sites is 2. The van der Waals surface area contributed by atoms with Crippen molar-refractivity contribution in [3.63, 3.8) is 0 Å². The molecule has 3 amide bonds. The smallest absolute Gasteiger partial charge is 0.408 e. The maximum atomic E-state index is 12.4. The van der Waals surface area contributed by atoms with Crippen molar-refractivity contribution in [2.24, 2.45) is 0 Å². The summed E-state index contributed by atoms with van der Waals surface area (Å²) in [5.41, 5.74) is 1.57. The minimum Gasteiger partial charge on any atom is -0.494 e. The minimum atomic E-state index is -0.679. The minimum absolute atomic E-state index is 0.0843. The Labute approximate surface area is 207 Å². The topological polar surface area (TPSA) is 106 Å². The summed E-state index contributed by atoms with van der Waals surface area (Å²) in [5, 5.41) is 7.91. The monoisotopic (exact) mass is 483 g/mol. The van der Waals surface area contributed by atoms with Crippen molar-refractivity contribution in [3.05, 3.63) is 54.1 Å². The Morgan fingerprint density at radius 1 is 0.800 bits per heavy atom. The average molecular weight is 484 g/mol. The van der Waals surface area contributed by atoms with Crippen LogP contribution in [-0.4, -0.2) is 36.7 Å². The second kappa shape index (κ2) is 12.2. The zero-order valence-corrected chi connectivity index (χ0v) is 21.5. The molecular weight excluding hydrogens is 446 g/mol. The molecule has 3 N–H and O–H groups in total. The lowest BCUT2D eigenvalue weighted by Crippen LogP contribution is -2.37. The number of rotatable bonds is 9. The maximum absolute atomic E-state index is 12.4. The maximum Gasteiger partial charge on any atom is 0.408 e. The van der Waals surface area contributed by atoms with Crippen LogP contribution in [-0.2, 0) is 19.7 Å². The van der Waals surface area contributed by atoms with E-state index in [0.717, 1.165) is 5.75 Å². The van der Waals surface area contributed by atoms with Crippen molar-refractivity contribution >= 4 is 29.3 Å². The number of carbonyl (C=O) groups excluding carboxylic acids is 3. The van der Waals surface area contributed by atoms with E-state index in [1.54, 1.807) is 45.0 Å². The molecule has 0 aromatic heterocycles. The number of anilines is 2. The number of hydrogen-bond donors (Lipinski definition) is 3. The van der Waals surface area contributed by atoms with E-state index >= 15 is 0 Å². The van der Waals surface area contributed by atoms with Gasteiger partial charge in [-0.1, -0.05) is 45.0 Å². The largest absolute Gasteiger partial charge is 0.494 e. The van der Waals surface area contributed by atoms with Crippen molar-refractivity contribution in [1.82, 2.24) is 5.32 Å². The highest BCUT2D eigenvalue weighted by Crippen LogP contribution is 2.24. The molecule has 2 aromatic carbocycles. The predicted octanol–water partition coefficient (Wildman–Crippen LogP) is 5.25. The summed E-state index contributed by atoms with van der Waals surface area (Å²) in [6.07, 6.45) is 0.130. The fourth-order valence-electron chi connectivity index (χ4n) is 3.05. The summed E-state index contributed by atoms with van der Waals surface area (Å²) in [6, 6.07) is 14.9. The second-order valence-electron chi connectivity index (χ2n) is 10.2. The molecule has 0 aliphatic heterocycles. The Balaban J connectivity index is 1.78. The van der Waals surface area contributed by atoms with E-state index in [2.05, 4.69) is 48.9 Å². The molecule has 35 heavy (non-hydrogen) atoms. The first-order chi connectivity index (χ1) is 16.3. The van der Waals surface area contributed by atoms with Gasteiger partial charge in [-0.3, -0.25) is 9.59 Å². The third-order valence-electron chi connectivity index (χ3n) is 4.80. The van der Waals surface area contributed by atoms with Gasteiger partial charge in [0.2, 0.25) is 11.8 Å². The Hall–Kier alpha value is -3.55. The van der Waals surface area contributed by atoms with Gasteiger partial charge in [-0.15, -0.1) is 0 Å². The lowest BCUT2D eigenvalue weighted by molar-refractivity contribution is -0.117. The molecule has 190 valence electrons. The standard InChI is InChI=1S/C27H37N3O5/c1-26(2,3)19-13-15-20(16-14-19)34-17-9-12-23(31)29-21-10-7-8-11-22(21)30-24(32)18-28-25(33)35-27(4,5)6/h7-8,10-11,13-16H,9,12,17-18H2,1-6H3,(H,28,33)(H,29,31)(H,30,32). The number of nitrogens with one attached hydrogen (secondary N) is 3. The van der Waals surface area contributed by atoms with Gasteiger partial charge < -0.3 is 25.4 Å². The lowest BCUT2D eigenvalue weighted by atomic mass is 9.87. The van der Waals surface area contributed by atoms with Crippen LogP contribution in [0.2, 0.25) is 0 Å². The summed E-state index contributed by atoms with van der Waals surface area (Å²) >= 11 is 0. The van der Waals surface area contributed by atoms with E-state index in [0.29, 0.717) is 24.4 Å². The summed E-state index contributed by atoms with van der Waals surface area (Å²) in [4.78, 5) is 36.4. The Morgan fingerprint density at radius 3 is 1.91 bits per heavy atom. The molecule has 0 spiro atoms. The third-order valence-corrected chi connectivity index (χ3v) is 4.80. The molecule has 0 radical (unpaired) electrons. The fourth-order valence-corrected chi connectivity index (χ4v) is 3.05. The molecule has 0 unspecified atom stereocenters. The van der Waals surface area contributed by atoms with Crippen LogP contribution in [0.3, 0.4) is 0 Å². The number of amides is 3. The van der Waals surface area contributed by atoms with Gasteiger partial charge in [0.25, 0.3) is 0 Å². The molecule has 0 aliphatic carbocycles. The van der Waals surface area contributed by atoms with Crippen LogP contribution in [0.4, 0.5) is 16.2 Å². The van der Waals surface area contributed by atoms with Gasteiger partial charge in [-0.2, -0.15) is 0 Å². The van der Waals surface area contributed by atoms with Crippen molar-refractivity contribution in [1.29, 1.82) is 0 Å². The van der Waals surface area contributed by atoms with E-state index in [4.69, 9.17) is 9.47 Å². The van der Waals surface area contributed by atoms with Crippen molar-refractivity contribution < 1.29 is 23.9 Å². The molecule has 0 fully saturated rings. The van der Waals surface area contributed by atoms with Crippen LogP contribution in [0.5, 0.6) is 5.75 Å². The second-order valence-corrected chi connectivity index (χ2v) is 10.2. The van der Waals surface area contributed by atoms with Gasteiger partial charge in [0, 0.05) is 6.42 Å². The van der Waals surface area contributed by atoms with Gasteiger partial charge in [-0.25, -0.2) is 4.79 Å². The average Bonchev–Trinajstić information content (AvgIpc) is 2.75. The van der Waals surface area contributed by atoms with E-state index in [9.17, 15) is 14.4 Å². The van der Waals surface area contributed by atoms with Crippen molar-refractivity contribution in [3.8, 4) is 5.75 Å². The van der Waals surface area contributed by atoms with Crippen LogP contribution in [0, 0.1) is 0 Å². The lowest BCUT2D eigenvalue weighted by Gasteiger charge is -2.19. The van der Waals surface area contributed by atoms with E-state index in [-0.39, 0.29) is 24.3 Å². The van der Waals surface area contributed by atoms with Gasteiger partial charge in [-0.05, 0) is 62.4 Å². The van der Waals surface area contributed by atoms with E-state index in [1.165, 1.54) is 5.56 Å². The van der Waals surface area contributed by atoms with Gasteiger partial charge in [0.15, 0.2) is 0 Å². The Morgan fingerprint density at radius 2 is 1.37 bits per heavy atom. The molecule has 8 heteroatoms. The summed E-state index contributed by atoms with van der Waals surface area (Å²) < 4.78 is 10.9. The first-order valence-corrected chi connectivity index (χ1v) is 11.7. The SMILES string of the molecule is CC(C)(C)OC(=O)NCC(=O)Nc1ccccc1NC(=O)CCCOc1ccc(C(C)(C)C)cc1. The summed E-state index contributed by atoms with van der Waals surface area (Å²) in [5.74, 6) is 0.139. The normalized spacial score (nSPS) is 11.4. The summed E-state index contributed by atoms with van der Waals surface area (Å²) in [7, 11) is 0. The van der Waals surface area contributed by atoms with Crippen LogP contribution in [0.1, 0.15) is 59.9 Å². The molecule has 8 nitrogen and oxygen atoms in total. The van der Waals surface area contributed by atoms with Gasteiger partial charge in [0.1, 0.15) is 17.9 Å². The molecule has 0 saturated heterocycles. The van der Waals surface area contributed by atoms with Crippen molar-refractivity contribution in [2.45, 2.75) is 65.4 Å². The first-order valence-electron chi connectivity index (χ1n) is 11.7. The third kappa shape index (κ3) is 10.5. The highest BCUT2D eigenvalue weighted by molar-refractivity contribution is 6.00. The zero-order valence-electron chi connectivity index (χ0n) is 21.5. The highest BCUT2D eigenvalue weighted by atomic mass is 16.6. The van der Waals surface area contributed by atoms with Gasteiger partial charge >= 0.3 is 6.09 Å². The molecule has 0 heterocycles. The van der Waals surface area contributed by atoms with Crippen molar-refractivity contribution in [2.75, 3.05) is 23.8 Å². The molecule has 2 rings (SSSR count). The van der Waals surface area contributed by atoms with Crippen LogP contribution in [0.15, 0.2) is 48.5 Å². The number of alkyl carbamates (subject to hydrolysis) is 1. The number of benzene rings is 2. The van der Waals surface area contributed by atoms with Crippen LogP contribution < -0.4 is 20.7 Å². The molecule has 0 atom stereocenters. The quantitative estimate of drug-likeness (QED) is 0.423. The summed E-state index contributed by atoms with van der Waals surface area (Å²) in [6.45, 7) is 11.8. The van der Waals surface area contributed by atoms with E-state index in [1.807, 2.05) is 12.1 Å².